The normalized spacial score (nSPS) is 18.1. The van der Waals surface area contributed by atoms with Crippen molar-refractivity contribution in [3.63, 3.8) is 0 Å². The maximum absolute atomic E-state index is 13.6. The van der Waals surface area contributed by atoms with Crippen LogP contribution in [-0.4, -0.2) is 27.1 Å². The van der Waals surface area contributed by atoms with Crippen molar-refractivity contribution in [2.75, 3.05) is 4.90 Å². The molecule has 0 unspecified atom stereocenters. The van der Waals surface area contributed by atoms with Crippen LogP contribution < -0.4 is 10.2 Å². The first kappa shape index (κ1) is 21.1. The van der Waals surface area contributed by atoms with Gasteiger partial charge in [0, 0.05) is 17.3 Å². The number of benzene rings is 2. The Morgan fingerprint density at radius 3 is 2.39 bits per heavy atom. The molecule has 1 aliphatic rings. The lowest BCUT2D eigenvalue weighted by molar-refractivity contribution is -0.126. The lowest BCUT2D eigenvalue weighted by atomic mass is 9.93. The van der Waals surface area contributed by atoms with Crippen LogP contribution in [-0.2, 0) is 17.9 Å². The fourth-order valence-corrected chi connectivity index (χ4v) is 4.30. The molecule has 0 fully saturated rings. The minimum atomic E-state index is -1.14. The maximum Gasteiger partial charge on any atom is 0.277 e. The summed E-state index contributed by atoms with van der Waals surface area (Å²) in [6.45, 7) is 8.21. The summed E-state index contributed by atoms with van der Waals surface area (Å²) in [5, 5.41) is 8.09. The third-order valence-electron chi connectivity index (χ3n) is 5.60. The first-order valence-corrected chi connectivity index (χ1v) is 10.6. The number of fused-ring (bicyclic) bond motifs is 1. The maximum atomic E-state index is 13.6. The molecule has 2 aromatic carbocycles. The van der Waals surface area contributed by atoms with Crippen LogP contribution in [0, 0.1) is 20.8 Å². The van der Waals surface area contributed by atoms with Gasteiger partial charge in [-0.3, -0.25) is 19.2 Å². The molecule has 1 aliphatic heterocycles. The highest BCUT2D eigenvalue weighted by atomic mass is 35.5. The van der Waals surface area contributed by atoms with Crippen LogP contribution in [0.25, 0.3) is 0 Å². The zero-order valence-electron chi connectivity index (χ0n) is 18.1. The van der Waals surface area contributed by atoms with Gasteiger partial charge in [0.2, 0.25) is 5.91 Å². The third-order valence-corrected chi connectivity index (χ3v) is 5.85. The van der Waals surface area contributed by atoms with Crippen LogP contribution >= 0.6 is 11.6 Å². The number of hydrogen-bond acceptors (Lipinski definition) is 3. The number of amides is 2. The molecule has 0 spiro atoms. The van der Waals surface area contributed by atoms with Gasteiger partial charge in [0.25, 0.3) is 5.91 Å². The Labute approximate surface area is 186 Å². The van der Waals surface area contributed by atoms with Crippen molar-refractivity contribution in [1.29, 1.82) is 0 Å². The highest BCUT2D eigenvalue weighted by molar-refractivity contribution is 6.30. The lowest BCUT2D eigenvalue weighted by Crippen LogP contribution is -2.64. The van der Waals surface area contributed by atoms with E-state index in [0.29, 0.717) is 22.9 Å². The second-order valence-corrected chi connectivity index (χ2v) is 8.83. The predicted octanol–water partition coefficient (Wildman–Crippen LogP) is 4.20. The van der Waals surface area contributed by atoms with E-state index < -0.39 is 5.54 Å². The van der Waals surface area contributed by atoms with E-state index in [-0.39, 0.29) is 18.4 Å². The van der Waals surface area contributed by atoms with Crippen LogP contribution in [0.3, 0.4) is 0 Å². The largest absolute Gasteiger partial charge is 0.350 e. The Morgan fingerprint density at radius 2 is 1.74 bits per heavy atom. The van der Waals surface area contributed by atoms with Crippen molar-refractivity contribution in [3.8, 4) is 0 Å². The molecule has 0 bridgehead atoms. The Balaban J connectivity index is 1.72. The first-order chi connectivity index (χ1) is 14.7. The van der Waals surface area contributed by atoms with Crippen LogP contribution in [0.15, 0.2) is 48.5 Å². The summed E-state index contributed by atoms with van der Waals surface area (Å²) in [7, 11) is 0. The summed E-state index contributed by atoms with van der Waals surface area (Å²) < 4.78 is 1.64. The fourth-order valence-electron chi connectivity index (χ4n) is 4.17. The molecule has 2 heterocycles. The van der Waals surface area contributed by atoms with E-state index in [1.165, 1.54) is 0 Å². The molecule has 31 heavy (non-hydrogen) atoms. The summed E-state index contributed by atoms with van der Waals surface area (Å²) in [5.41, 5.74) is 3.78. The van der Waals surface area contributed by atoms with E-state index in [1.807, 2.05) is 51.1 Å². The van der Waals surface area contributed by atoms with Crippen molar-refractivity contribution < 1.29 is 9.59 Å². The third kappa shape index (κ3) is 3.95. The Hall–Kier alpha value is -3.12. The molecule has 1 atom stereocenters. The molecule has 7 heteroatoms. The molecule has 1 aromatic heterocycles. The summed E-state index contributed by atoms with van der Waals surface area (Å²) in [6, 6.07) is 15.0. The average Bonchev–Trinajstić information content (AvgIpc) is 3.06. The van der Waals surface area contributed by atoms with Crippen LogP contribution in [0.1, 0.15) is 39.8 Å². The molecule has 160 valence electrons. The summed E-state index contributed by atoms with van der Waals surface area (Å²) in [5.74, 6) is -0.477. The SMILES string of the molecule is Cc1cc(C)cc(N2C(=O)c3cc(C)nn3C[C@]2(C)C(=O)NCc2ccc(Cl)cc2)c1. The number of halogens is 1. The topological polar surface area (TPSA) is 67.2 Å². The second-order valence-electron chi connectivity index (χ2n) is 8.40. The van der Waals surface area contributed by atoms with Gasteiger partial charge in [-0.05, 0) is 74.7 Å². The van der Waals surface area contributed by atoms with Crippen molar-refractivity contribution in [3.05, 3.63) is 81.6 Å². The van der Waals surface area contributed by atoms with E-state index in [2.05, 4.69) is 10.4 Å². The molecule has 3 aromatic rings. The Kier molecular flexibility index (Phi) is 5.35. The number of hydrogen-bond donors (Lipinski definition) is 1. The van der Waals surface area contributed by atoms with Gasteiger partial charge in [-0.2, -0.15) is 5.10 Å². The van der Waals surface area contributed by atoms with Crippen molar-refractivity contribution >= 4 is 29.1 Å². The number of nitrogens with zero attached hydrogens (tertiary/aromatic N) is 3. The van der Waals surface area contributed by atoms with E-state index in [1.54, 1.807) is 34.7 Å². The molecule has 0 radical (unpaired) electrons. The Morgan fingerprint density at radius 1 is 1.10 bits per heavy atom. The van der Waals surface area contributed by atoms with Crippen molar-refractivity contribution in [1.82, 2.24) is 15.1 Å². The monoisotopic (exact) mass is 436 g/mol. The van der Waals surface area contributed by atoms with E-state index in [9.17, 15) is 9.59 Å². The number of aryl methyl sites for hydroxylation is 3. The van der Waals surface area contributed by atoms with Gasteiger partial charge in [0.05, 0.1) is 12.2 Å². The summed E-state index contributed by atoms with van der Waals surface area (Å²) in [4.78, 5) is 28.7. The van der Waals surface area contributed by atoms with Gasteiger partial charge >= 0.3 is 0 Å². The predicted molar refractivity (Wildman–Crippen MR) is 121 cm³/mol. The van der Waals surface area contributed by atoms with Gasteiger partial charge < -0.3 is 5.32 Å². The molecule has 6 nitrogen and oxygen atoms in total. The van der Waals surface area contributed by atoms with Gasteiger partial charge in [0.15, 0.2) is 0 Å². The van der Waals surface area contributed by atoms with Gasteiger partial charge in [-0.1, -0.05) is 29.8 Å². The minimum absolute atomic E-state index is 0.235. The summed E-state index contributed by atoms with van der Waals surface area (Å²) >= 11 is 5.96. The molecule has 4 rings (SSSR count). The number of rotatable bonds is 4. The number of aromatic nitrogens is 2. The van der Waals surface area contributed by atoms with E-state index in [0.717, 1.165) is 22.4 Å². The molecule has 1 N–H and O–H groups in total. The van der Waals surface area contributed by atoms with Gasteiger partial charge in [-0.15, -0.1) is 0 Å². The standard InChI is InChI=1S/C24H25ClN4O2/c1-15-9-16(2)11-20(10-15)29-22(30)21-12-17(3)27-28(21)14-24(29,4)23(31)26-13-18-5-7-19(25)8-6-18/h5-12H,13-14H2,1-4H3,(H,26,31)/t24-/m1/s1. The smallest absolute Gasteiger partial charge is 0.277 e. The zero-order valence-corrected chi connectivity index (χ0v) is 18.8. The number of carbonyl (C=O) groups is 2. The van der Waals surface area contributed by atoms with Crippen LogP contribution in [0.5, 0.6) is 0 Å². The number of carbonyl (C=O) groups excluding carboxylic acids is 2. The molecular formula is C24H25ClN4O2. The molecule has 0 saturated heterocycles. The fraction of sp³-hybridized carbons (Fsp3) is 0.292. The molecule has 0 aliphatic carbocycles. The van der Waals surface area contributed by atoms with Gasteiger partial charge in [0.1, 0.15) is 11.2 Å². The highest BCUT2D eigenvalue weighted by Crippen LogP contribution is 2.34. The van der Waals surface area contributed by atoms with Crippen molar-refractivity contribution in [2.45, 2.75) is 46.3 Å². The van der Waals surface area contributed by atoms with E-state index in [4.69, 9.17) is 11.6 Å². The molecular weight excluding hydrogens is 412 g/mol. The van der Waals surface area contributed by atoms with Crippen LogP contribution in [0.4, 0.5) is 5.69 Å². The average molecular weight is 437 g/mol. The van der Waals surface area contributed by atoms with Crippen LogP contribution in [0.2, 0.25) is 5.02 Å². The quantitative estimate of drug-likeness (QED) is 0.666. The highest BCUT2D eigenvalue weighted by Gasteiger charge is 2.48. The van der Waals surface area contributed by atoms with E-state index >= 15 is 0 Å². The number of anilines is 1. The van der Waals surface area contributed by atoms with Crippen molar-refractivity contribution in [2.24, 2.45) is 0 Å². The first-order valence-electron chi connectivity index (χ1n) is 10.2. The summed E-state index contributed by atoms with van der Waals surface area (Å²) in [6.07, 6.45) is 0. The zero-order chi connectivity index (χ0) is 22.3. The number of nitrogens with one attached hydrogen (secondary N) is 1. The minimum Gasteiger partial charge on any atom is -0.350 e. The van der Waals surface area contributed by atoms with Gasteiger partial charge in [-0.25, -0.2) is 0 Å². The molecule has 0 saturated carbocycles. The second kappa shape index (κ2) is 7.85. The molecule has 2 amide bonds. The Bertz CT molecular complexity index is 1150. The lowest BCUT2D eigenvalue weighted by Gasteiger charge is -2.43.